The second-order valence-corrected chi connectivity index (χ2v) is 14.4. The smallest absolute Gasteiger partial charge is 0.0230 e. The molecule has 1 atom stereocenters. The van der Waals surface area contributed by atoms with E-state index in [0.717, 1.165) is 38.4 Å². The highest BCUT2D eigenvalue weighted by Crippen LogP contribution is 2.54. The second kappa shape index (κ2) is 11.1. The molecule has 0 bridgehead atoms. The Hall–Kier alpha value is -2.90. The highest BCUT2D eigenvalue weighted by atomic mass is 31.2. The van der Waals surface area contributed by atoms with E-state index in [0.29, 0.717) is 11.8 Å². The minimum atomic E-state index is -1.69. The first-order valence-corrected chi connectivity index (χ1v) is 16.6. The topological polar surface area (TPSA) is 24.1 Å². The Labute approximate surface area is 228 Å². The van der Waals surface area contributed by atoms with Crippen LogP contribution in [0.1, 0.15) is 53.9 Å². The molecule has 2 aliphatic rings. The van der Waals surface area contributed by atoms with Crippen LogP contribution in [0.25, 0.3) is 22.3 Å². The van der Waals surface area contributed by atoms with Crippen LogP contribution in [0.15, 0.2) is 97.1 Å². The summed E-state index contributed by atoms with van der Waals surface area (Å²) in [6.07, 6.45) is 9.64. The van der Waals surface area contributed by atoms with Crippen LogP contribution in [0.2, 0.25) is 0 Å². The van der Waals surface area contributed by atoms with Gasteiger partial charge in [0.25, 0.3) is 0 Å². The van der Waals surface area contributed by atoms with Gasteiger partial charge in [-0.2, -0.15) is 0 Å². The molecule has 0 aromatic heterocycles. The first kappa shape index (κ1) is 25.4. The van der Waals surface area contributed by atoms with Crippen LogP contribution in [0.3, 0.4) is 0 Å². The fourth-order valence-corrected chi connectivity index (χ4v) is 9.51. The van der Waals surface area contributed by atoms with Crippen LogP contribution in [0.4, 0.5) is 0 Å². The Morgan fingerprint density at radius 1 is 0.632 bits per heavy atom. The Morgan fingerprint density at radius 2 is 1.08 bits per heavy atom. The van der Waals surface area contributed by atoms with Crippen LogP contribution in [-0.4, -0.2) is 38.3 Å². The van der Waals surface area contributed by atoms with E-state index < -0.39 is 7.04 Å². The molecule has 0 spiro atoms. The molecule has 0 aliphatic heterocycles. The van der Waals surface area contributed by atoms with Crippen molar-refractivity contribution in [3.8, 4) is 22.3 Å². The zero-order valence-corrected chi connectivity index (χ0v) is 23.4. The van der Waals surface area contributed by atoms with Gasteiger partial charge in [-0.3, -0.25) is 5.09 Å². The van der Waals surface area contributed by atoms with E-state index >= 15 is 0 Å². The quantitative estimate of drug-likeness (QED) is 0.155. The lowest BCUT2D eigenvalue weighted by Gasteiger charge is -2.31. The van der Waals surface area contributed by atoms with Crippen molar-refractivity contribution in [2.75, 3.05) is 32.0 Å². The molecular formula is C35H39N2P. The van der Waals surface area contributed by atoms with Gasteiger partial charge in [0.1, 0.15) is 0 Å². The van der Waals surface area contributed by atoms with Gasteiger partial charge in [-0.1, -0.05) is 117 Å². The summed E-state index contributed by atoms with van der Waals surface area (Å²) in [5.74, 6) is 0.789. The van der Waals surface area contributed by atoms with E-state index in [4.69, 9.17) is 6.30 Å². The van der Waals surface area contributed by atoms with Gasteiger partial charge in [-0.25, -0.2) is 0 Å². The highest BCUT2D eigenvalue weighted by Gasteiger charge is 2.33. The number of nitrogens with one attached hydrogen (secondary N) is 2. The van der Waals surface area contributed by atoms with Crippen LogP contribution in [-0.2, 0) is 0 Å². The van der Waals surface area contributed by atoms with Gasteiger partial charge in [0.15, 0.2) is 0 Å². The maximum absolute atomic E-state index is 5.04. The SMILES string of the molecule is C=P(CCCNCCC)(CC1c2ccccc2-c2ccccc21)NCC1c2ccccc2-c2ccccc21. The highest BCUT2D eigenvalue weighted by molar-refractivity contribution is 7.71. The molecule has 4 aromatic carbocycles. The normalized spacial score (nSPS) is 15.5. The summed E-state index contributed by atoms with van der Waals surface area (Å²) >= 11 is 0. The Morgan fingerprint density at radius 3 is 1.55 bits per heavy atom. The summed E-state index contributed by atoms with van der Waals surface area (Å²) in [7, 11) is -1.69. The van der Waals surface area contributed by atoms with Crippen LogP contribution < -0.4 is 10.4 Å². The van der Waals surface area contributed by atoms with E-state index in [2.05, 4.69) is 114 Å². The summed E-state index contributed by atoms with van der Waals surface area (Å²) in [5.41, 5.74) is 11.5. The fraction of sp³-hybridized carbons (Fsp3) is 0.286. The molecule has 0 heterocycles. The maximum Gasteiger partial charge on any atom is 0.0230 e. The maximum atomic E-state index is 5.04. The lowest BCUT2D eigenvalue weighted by Crippen LogP contribution is -2.25. The van der Waals surface area contributed by atoms with Crippen molar-refractivity contribution in [2.24, 2.45) is 0 Å². The monoisotopic (exact) mass is 518 g/mol. The van der Waals surface area contributed by atoms with Crippen molar-refractivity contribution in [1.82, 2.24) is 10.4 Å². The van der Waals surface area contributed by atoms with E-state index in [1.54, 1.807) is 0 Å². The van der Waals surface area contributed by atoms with E-state index in [9.17, 15) is 0 Å². The number of fused-ring (bicyclic) bond motifs is 6. The number of benzene rings is 4. The lowest BCUT2D eigenvalue weighted by atomic mass is 9.97. The molecule has 2 N–H and O–H groups in total. The first-order chi connectivity index (χ1) is 18.7. The molecule has 3 heteroatoms. The molecule has 2 aliphatic carbocycles. The summed E-state index contributed by atoms with van der Waals surface area (Å²) in [6, 6.07) is 36.0. The van der Waals surface area contributed by atoms with Crippen molar-refractivity contribution < 1.29 is 0 Å². The van der Waals surface area contributed by atoms with E-state index in [-0.39, 0.29) is 0 Å². The summed E-state index contributed by atoms with van der Waals surface area (Å²) in [4.78, 5) is 0. The first-order valence-electron chi connectivity index (χ1n) is 14.2. The summed E-state index contributed by atoms with van der Waals surface area (Å²) in [5, 5.41) is 7.79. The van der Waals surface area contributed by atoms with Gasteiger partial charge in [0.2, 0.25) is 0 Å². The third-order valence-electron chi connectivity index (χ3n) is 8.45. The van der Waals surface area contributed by atoms with Crippen LogP contribution in [0, 0.1) is 0 Å². The average Bonchev–Trinajstić information content (AvgIpc) is 3.45. The Balaban J connectivity index is 1.28. The van der Waals surface area contributed by atoms with Crippen LogP contribution >= 0.6 is 7.04 Å². The molecule has 6 rings (SSSR count). The molecule has 194 valence electrons. The van der Waals surface area contributed by atoms with Gasteiger partial charge in [0, 0.05) is 18.4 Å². The third kappa shape index (κ3) is 4.82. The van der Waals surface area contributed by atoms with Gasteiger partial charge in [0.05, 0.1) is 0 Å². The van der Waals surface area contributed by atoms with E-state index in [1.165, 1.54) is 50.9 Å². The number of rotatable bonds is 11. The minimum Gasteiger partial charge on any atom is -0.317 e. The molecular weight excluding hydrogens is 479 g/mol. The van der Waals surface area contributed by atoms with Crippen molar-refractivity contribution in [3.05, 3.63) is 119 Å². The number of hydrogen-bond donors (Lipinski definition) is 2. The molecule has 0 saturated carbocycles. The predicted molar refractivity (Wildman–Crippen MR) is 167 cm³/mol. The zero-order valence-electron chi connectivity index (χ0n) is 22.5. The third-order valence-corrected chi connectivity index (χ3v) is 11.5. The molecule has 2 nitrogen and oxygen atoms in total. The van der Waals surface area contributed by atoms with Crippen molar-refractivity contribution in [2.45, 2.75) is 31.6 Å². The van der Waals surface area contributed by atoms with Gasteiger partial charge < -0.3 is 5.32 Å². The molecule has 0 amide bonds. The Bertz CT molecular complexity index is 1380. The number of hydrogen-bond acceptors (Lipinski definition) is 2. The minimum absolute atomic E-state index is 0.380. The summed E-state index contributed by atoms with van der Waals surface area (Å²) < 4.78 is 0. The fourth-order valence-electron chi connectivity index (χ4n) is 6.61. The second-order valence-electron chi connectivity index (χ2n) is 11.0. The molecule has 0 saturated heterocycles. The predicted octanol–water partition coefficient (Wildman–Crippen LogP) is 7.96. The van der Waals surface area contributed by atoms with Crippen molar-refractivity contribution >= 4 is 13.3 Å². The molecule has 38 heavy (non-hydrogen) atoms. The van der Waals surface area contributed by atoms with Gasteiger partial charge >= 0.3 is 0 Å². The Kier molecular flexibility index (Phi) is 7.39. The molecule has 1 unspecified atom stereocenters. The standard InChI is InChI=1S/C35H39N2P/c1-3-21-36-22-12-23-38(2,25-35-32-19-10-6-15-28(32)29-16-7-11-20-33(29)35)37-24-34-30-17-8-4-13-26(30)27-14-5-9-18-31(27)34/h4-11,13-20,34-37H,2-3,12,21-25H2,1H3. The van der Waals surface area contributed by atoms with Gasteiger partial charge in [-0.05, 0) is 82.8 Å². The average molecular weight is 519 g/mol. The summed E-state index contributed by atoms with van der Waals surface area (Å²) in [6.45, 7) is 5.35. The lowest BCUT2D eigenvalue weighted by molar-refractivity contribution is 0.661. The molecule has 4 aromatic rings. The van der Waals surface area contributed by atoms with Crippen molar-refractivity contribution in [1.29, 1.82) is 0 Å². The molecule has 0 fully saturated rings. The largest absolute Gasteiger partial charge is 0.317 e. The van der Waals surface area contributed by atoms with E-state index in [1.807, 2.05) is 0 Å². The zero-order chi connectivity index (χ0) is 26.0. The van der Waals surface area contributed by atoms with Crippen LogP contribution in [0.5, 0.6) is 0 Å². The molecule has 0 radical (unpaired) electrons. The van der Waals surface area contributed by atoms with Gasteiger partial charge in [-0.15, -0.1) is 0 Å². The van der Waals surface area contributed by atoms with Crippen molar-refractivity contribution in [3.63, 3.8) is 0 Å².